The molecule has 1 aliphatic heterocycles. The number of nitrogens with one attached hydrogen (secondary N) is 2. The summed E-state index contributed by atoms with van der Waals surface area (Å²) in [4.78, 5) is 22.8. The van der Waals surface area contributed by atoms with Gasteiger partial charge in [0.2, 0.25) is 0 Å². The number of amides is 3. The van der Waals surface area contributed by atoms with Crippen molar-refractivity contribution in [2.75, 3.05) is 0 Å². The maximum absolute atomic E-state index is 11.7. The summed E-state index contributed by atoms with van der Waals surface area (Å²) in [5, 5.41) is 5.45. The Morgan fingerprint density at radius 2 is 2.00 bits per heavy atom. The minimum Gasteiger partial charge on any atom is -0.320 e. The maximum Gasteiger partial charge on any atom is 0.322 e. The number of carbonyl (C=O) groups excluding carboxylic acids is 2. The van der Waals surface area contributed by atoms with E-state index in [-0.39, 0.29) is 5.91 Å². The molecule has 1 fully saturated rings. The van der Waals surface area contributed by atoms with E-state index in [1.54, 1.807) is 25.1 Å². The summed E-state index contributed by atoms with van der Waals surface area (Å²) in [6, 6.07) is 4.78. The zero-order valence-corrected chi connectivity index (χ0v) is 9.68. The molecule has 1 aliphatic rings. The third-order valence-corrected chi connectivity index (χ3v) is 3.20. The molecule has 2 rings (SSSR count). The molecular formula is C11H11ClN2O2. The molecule has 3 amide bonds. The van der Waals surface area contributed by atoms with Gasteiger partial charge in [-0.1, -0.05) is 23.7 Å². The minimum atomic E-state index is -1.01. The monoisotopic (exact) mass is 238 g/mol. The number of hydrogen-bond acceptors (Lipinski definition) is 2. The van der Waals surface area contributed by atoms with Crippen molar-refractivity contribution in [2.24, 2.45) is 0 Å². The Kier molecular flexibility index (Phi) is 2.39. The molecule has 1 heterocycles. The molecule has 0 saturated carbocycles. The molecule has 2 N–H and O–H groups in total. The quantitative estimate of drug-likeness (QED) is 0.732. The van der Waals surface area contributed by atoms with Crippen molar-refractivity contribution in [3.8, 4) is 0 Å². The van der Waals surface area contributed by atoms with Crippen LogP contribution in [0.25, 0.3) is 0 Å². The van der Waals surface area contributed by atoms with Crippen molar-refractivity contribution in [3.05, 3.63) is 34.3 Å². The van der Waals surface area contributed by atoms with Gasteiger partial charge in [0.25, 0.3) is 5.91 Å². The number of urea groups is 1. The van der Waals surface area contributed by atoms with E-state index in [1.165, 1.54) is 0 Å². The summed E-state index contributed by atoms with van der Waals surface area (Å²) in [5.41, 5.74) is 0.582. The second-order valence-electron chi connectivity index (χ2n) is 4.00. The fourth-order valence-corrected chi connectivity index (χ4v) is 1.82. The second-order valence-corrected chi connectivity index (χ2v) is 4.40. The predicted molar refractivity (Wildman–Crippen MR) is 60.2 cm³/mol. The van der Waals surface area contributed by atoms with Gasteiger partial charge in [-0.2, -0.15) is 0 Å². The molecule has 5 heteroatoms. The molecule has 0 spiro atoms. The van der Waals surface area contributed by atoms with E-state index >= 15 is 0 Å². The Morgan fingerprint density at radius 1 is 1.31 bits per heavy atom. The number of carbonyl (C=O) groups is 2. The second kappa shape index (κ2) is 3.49. The summed E-state index contributed by atoms with van der Waals surface area (Å²) in [6.45, 7) is 3.51. The Balaban J connectivity index is 2.47. The number of hydrogen-bond donors (Lipinski definition) is 2. The highest BCUT2D eigenvalue weighted by Gasteiger charge is 2.43. The fraction of sp³-hybridized carbons (Fsp3) is 0.273. The number of imide groups is 1. The average molecular weight is 239 g/mol. The smallest absolute Gasteiger partial charge is 0.320 e. The van der Waals surface area contributed by atoms with Crippen LogP contribution < -0.4 is 10.6 Å². The van der Waals surface area contributed by atoms with Gasteiger partial charge in [0.15, 0.2) is 0 Å². The normalized spacial score (nSPS) is 24.2. The molecule has 0 aliphatic carbocycles. The zero-order valence-electron chi connectivity index (χ0n) is 8.93. The van der Waals surface area contributed by atoms with E-state index in [2.05, 4.69) is 10.6 Å². The van der Waals surface area contributed by atoms with Gasteiger partial charge in [0, 0.05) is 5.02 Å². The molecule has 0 bridgehead atoms. The lowest BCUT2D eigenvalue weighted by Gasteiger charge is -2.21. The van der Waals surface area contributed by atoms with E-state index in [9.17, 15) is 9.59 Å². The minimum absolute atomic E-state index is 0.348. The molecule has 0 radical (unpaired) electrons. The molecule has 16 heavy (non-hydrogen) atoms. The maximum atomic E-state index is 11.7. The van der Waals surface area contributed by atoms with E-state index in [0.29, 0.717) is 5.02 Å². The van der Waals surface area contributed by atoms with Crippen LogP contribution >= 0.6 is 11.6 Å². The Morgan fingerprint density at radius 3 is 2.50 bits per heavy atom. The van der Waals surface area contributed by atoms with Crippen molar-refractivity contribution >= 4 is 23.5 Å². The van der Waals surface area contributed by atoms with Crippen LogP contribution in [0.15, 0.2) is 18.2 Å². The standard InChI is InChI=1S/C11H11ClN2O2/c1-6-5-7(3-4-8(6)12)11(2)9(15)13-10(16)14-11/h3-5H,1-2H3,(H2,13,14,15,16). The Labute approximate surface area is 98.0 Å². The van der Waals surface area contributed by atoms with Crippen LogP contribution in [-0.4, -0.2) is 11.9 Å². The average Bonchev–Trinajstić information content (AvgIpc) is 2.46. The largest absolute Gasteiger partial charge is 0.322 e. The third kappa shape index (κ3) is 1.55. The SMILES string of the molecule is Cc1cc(C2(C)NC(=O)NC2=O)ccc1Cl. The first-order chi connectivity index (χ1) is 7.43. The molecule has 4 nitrogen and oxygen atoms in total. The molecule has 1 atom stereocenters. The lowest BCUT2D eigenvalue weighted by molar-refractivity contribution is -0.123. The van der Waals surface area contributed by atoms with E-state index in [0.717, 1.165) is 11.1 Å². The molecular weight excluding hydrogens is 228 g/mol. The highest BCUT2D eigenvalue weighted by atomic mass is 35.5. The van der Waals surface area contributed by atoms with Crippen molar-refractivity contribution in [2.45, 2.75) is 19.4 Å². The molecule has 0 aromatic heterocycles. The number of benzene rings is 1. The van der Waals surface area contributed by atoms with Crippen LogP contribution in [0, 0.1) is 6.92 Å². The first-order valence-electron chi connectivity index (χ1n) is 4.84. The highest BCUT2D eigenvalue weighted by Crippen LogP contribution is 2.27. The van der Waals surface area contributed by atoms with Gasteiger partial charge in [-0.05, 0) is 31.0 Å². The number of rotatable bonds is 1. The van der Waals surface area contributed by atoms with Gasteiger partial charge in [0.05, 0.1) is 0 Å². The summed E-state index contributed by atoms with van der Waals surface area (Å²) in [7, 11) is 0. The zero-order chi connectivity index (χ0) is 11.9. The Hall–Kier alpha value is -1.55. The van der Waals surface area contributed by atoms with Gasteiger partial charge in [0.1, 0.15) is 5.54 Å². The van der Waals surface area contributed by atoms with Gasteiger partial charge in [-0.15, -0.1) is 0 Å². The summed E-state index contributed by atoms with van der Waals surface area (Å²) in [5.74, 6) is -0.348. The number of halogens is 1. The van der Waals surface area contributed by atoms with E-state index in [4.69, 9.17) is 11.6 Å². The third-order valence-electron chi connectivity index (χ3n) is 2.78. The molecule has 1 aromatic rings. The van der Waals surface area contributed by atoms with Crippen LogP contribution in [0.2, 0.25) is 5.02 Å². The first kappa shape index (κ1) is 11.0. The lowest BCUT2D eigenvalue weighted by Crippen LogP contribution is -2.40. The highest BCUT2D eigenvalue weighted by molar-refractivity contribution is 6.31. The molecule has 1 unspecified atom stereocenters. The summed E-state index contributed by atoms with van der Waals surface area (Å²) >= 11 is 5.91. The summed E-state index contributed by atoms with van der Waals surface area (Å²) in [6.07, 6.45) is 0. The summed E-state index contributed by atoms with van der Waals surface area (Å²) < 4.78 is 0. The van der Waals surface area contributed by atoms with Gasteiger partial charge in [-0.25, -0.2) is 4.79 Å². The van der Waals surface area contributed by atoms with Crippen molar-refractivity contribution in [3.63, 3.8) is 0 Å². The van der Waals surface area contributed by atoms with Gasteiger partial charge < -0.3 is 5.32 Å². The predicted octanol–water partition coefficient (Wildman–Crippen LogP) is 1.70. The van der Waals surface area contributed by atoms with Gasteiger partial charge >= 0.3 is 6.03 Å². The Bertz CT molecular complexity index is 487. The topological polar surface area (TPSA) is 58.2 Å². The van der Waals surface area contributed by atoms with Crippen molar-refractivity contribution in [1.82, 2.24) is 10.6 Å². The first-order valence-corrected chi connectivity index (χ1v) is 5.21. The van der Waals surface area contributed by atoms with E-state index < -0.39 is 11.6 Å². The van der Waals surface area contributed by atoms with Crippen LogP contribution in [0.4, 0.5) is 4.79 Å². The van der Waals surface area contributed by atoms with Crippen molar-refractivity contribution < 1.29 is 9.59 Å². The van der Waals surface area contributed by atoms with Crippen LogP contribution in [0.1, 0.15) is 18.1 Å². The van der Waals surface area contributed by atoms with Gasteiger partial charge in [-0.3, -0.25) is 10.1 Å². The van der Waals surface area contributed by atoms with Crippen LogP contribution in [0.5, 0.6) is 0 Å². The number of aryl methyl sites for hydroxylation is 1. The van der Waals surface area contributed by atoms with Crippen molar-refractivity contribution in [1.29, 1.82) is 0 Å². The van der Waals surface area contributed by atoms with Crippen LogP contribution in [0.3, 0.4) is 0 Å². The van der Waals surface area contributed by atoms with Crippen LogP contribution in [-0.2, 0) is 10.3 Å². The molecule has 1 saturated heterocycles. The fourth-order valence-electron chi connectivity index (χ4n) is 1.70. The van der Waals surface area contributed by atoms with E-state index in [1.807, 2.05) is 6.92 Å². The molecule has 84 valence electrons. The molecule has 1 aromatic carbocycles. The lowest BCUT2D eigenvalue weighted by atomic mass is 9.91.